The van der Waals surface area contributed by atoms with Gasteiger partial charge in [0.25, 0.3) is 5.91 Å². The molecule has 1 N–H and O–H groups in total. The summed E-state index contributed by atoms with van der Waals surface area (Å²) in [5.41, 5.74) is 2.82. The first kappa shape index (κ1) is 21.9. The van der Waals surface area contributed by atoms with Crippen LogP contribution in [-0.2, 0) is 6.42 Å². The van der Waals surface area contributed by atoms with Crippen LogP contribution in [0.4, 0.5) is 10.1 Å². The third-order valence-corrected chi connectivity index (χ3v) is 5.87. The summed E-state index contributed by atoms with van der Waals surface area (Å²) in [7, 11) is 3.21. The van der Waals surface area contributed by atoms with E-state index in [1.54, 1.807) is 26.5 Å². The lowest BCUT2D eigenvalue weighted by atomic mass is 10.1. The largest absolute Gasteiger partial charge is 0.493 e. The van der Waals surface area contributed by atoms with Crippen LogP contribution in [0.25, 0.3) is 10.9 Å². The van der Waals surface area contributed by atoms with Crippen LogP contribution >= 0.6 is 0 Å². The van der Waals surface area contributed by atoms with Gasteiger partial charge < -0.3 is 19.7 Å². The lowest BCUT2D eigenvalue weighted by Crippen LogP contribution is -2.36. The van der Waals surface area contributed by atoms with Crippen LogP contribution in [0.3, 0.4) is 0 Å². The van der Waals surface area contributed by atoms with Gasteiger partial charge in [0.15, 0.2) is 11.5 Å². The average molecular weight is 438 g/mol. The molecule has 0 aliphatic carbocycles. The van der Waals surface area contributed by atoms with Crippen LogP contribution in [0.1, 0.15) is 35.2 Å². The van der Waals surface area contributed by atoms with Gasteiger partial charge in [-0.1, -0.05) is 6.07 Å². The molecule has 1 fully saturated rings. The number of halogens is 1. The van der Waals surface area contributed by atoms with Crippen molar-refractivity contribution < 1.29 is 18.7 Å². The molecular weight excluding hydrogens is 409 g/mol. The van der Waals surface area contributed by atoms with Crippen LogP contribution < -0.4 is 14.8 Å². The maximum Gasteiger partial charge on any atom is 0.257 e. The highest BCUT2D eigenvalue weighted by molar-refractivity contribution is 6.07. The SMILES string of the molecule is COc1ccc(CCNc2c(C(=O)N3CCCCC3)cnc3ccc(F)cc23)cc1OC. The first-order valence-corrected chi connectivity index (χ1v) is 10.9. The second-order valence-corrected chi connectivity index (χ2v) is 7.93. The van der Waals surface area contributed by atoms with Crippen molar-refractivity contribution in [3.8, 4) is 11.5 Å². The minimum atomic E-state index is -0.357. The molecule has 7 heteroatoms. The van der Waals surface area contributed by atoms with Crippen molar-refractivity contribution in [1.82, 2.24) is 9.88 Å². The number of nitrogens with one attached hydrogen (secondary N) is 1. The Hall–Kier alpha value is -3.35. The Labute approximate surface area is 187 Å². The smallest absolute Gasteiger partial charge is 0.257 e. The number of carbonyl (C=O) groups excluding carboxylic acids is 1. The number of fused-ring (bicyclic) bond motifs is 1. The number of hydrogen-bond donors (Lipinski definition) is 1. The van der Waals surface area contributed by atoms with Crippen molar-refractivity contribution in [2.75, 3.05) is 39.2 Å². The number of amides is 1. The molecule has 0 radical (unpaired) electrons. The van der Waals surface area contributed by atoms with Crippen molar-refractivity contribution in [3.05, 3.63) is 59.5 Å². The van der Waals surface area contributed by atoms with Gasteiger partial charge in [-0.15, -0.1) is 0 Å². The lowest BCUT2D eigenvalue weighted by Gasteiger charge is -2.27. The number of pyridine rings is 1. The summed E-state index contributed by atoms with van der Waals surface area (Å²) in [6, 6.07) is 10.2. The van der Waals surface area contributed by atoms with Crippen molar-refractivity contribution in [2.24, 2.45) is 0 Å². The normalized spacial score (nSPS) is 13.8. The molecule has 0 bridgehead atoms. The molecule has 0 spiro atoms. The van der Waals surface area contributed by atoms with Gasteiger partial charge in [0.1, 0.15) is 5.82 Å². The highest BCUT2D eigenvalue weighted by Gasteiger charge is 2.23. The Morgan fingerprint density at radius 3 is 2.59 bits per heavy atom. The molecule has 1 saturated heterocycles. The predicted octanol–water partition coefficient (Wildman–Crippen LogP) is 4.67. The number of benzene rings is 2. The van der Waals surface area contributed by atoms with E-state index in [9.17, 15) is 9.18 Å². The zero-order valence-corrected chi connectivity index (χ0v) is 18.5. The highest BCUT2D eigenvalue weighted by atomic mass is 19.1. The van der Waals surface area contributed by atoms with Gasteiger partial charge in [-0.3, -0.25) is 9.78 Å². The topological polar surface area (TPSA) is 63.7 Å². The lowest BCUT2D eigenvalue weighted by molar-refractivity contribution is 0.0725. The van der Waals surface area contributed by atoms with Crippen molar-refractivity contribution >= 4 is 22.5 Å². The van der Waals surface area contributed by atoms with Gasteiger partial charge in [-0.25, -0.2) is 4.39 Å². The number of likely N-dealkylation sites (tertiary alicyclic amines) is 1. The zero-order valence-electron chi connectivity index (χ0n) is 18.5. The minimum Gasteiger partial charge on any atom is -0.493 e. The first-order chi connectivity index (χ1) is 15.6. The van der Waals surface area contributed by atoms with Crippen LogP contribution in [0.15, 0.2) is 42.6 Å². The van der Waals surface area contributed by atoms with Gasteiger partial charge in [0.05, 0.1) is 31.0 Å². The Balaban J connectivity index is 1.61. The second kappa shape index (κ2) is 9.85. The van der Waals surface area contributed by atoms with E-state index in [0.717, 1.165) is 37.9 Å². The fourth-order valence-electron chi connectivity index (χ4n) is 4.15. The van der Waals surface area contributed by atoms with Gasteiger partial charge in [-0.2, -0.15) is 0 Å². The van der Waals surface area contributed by atoms with Crippen LogP contribution in [-0.4, -0.2) is 49.6 Å². The molecule has 2 aromatic carbocycles. The molecule has 2 heterocycles. The van der Waals surface area contributed by atoms with Crippen LogP contribution in [0.5, 0.6) is 11.5 Å². The Morgan fingerprint density at radius 1 is 1.06 bits per heavy atom. The molecule has 0 atom stereocenters. The summed E-state index contributed by atoms with van der Waals surface area (Å²) in [5.74, 6) is 0.929. The third kappa shape index (κ3) is 4.61. The van der Waals surface area contributed by atoms with E-state index in [-0.39, 0.29) is 11.7 Å². The molecule has 6 nitrogen and oxygen atoms in total. The summed E-state index contributed by atoms with van der Waals surface area (Å²) in [6.07, 6.45) is 5.45. The Kier molecular flexibility index (Phi) is 6.73. The number of methoxy groups -OCH3 is 2. The van der Waals surface area contributed by atoms with Crippen molar-refractivity contribution in [3.63, 3.8) is 0 Å². The zero-order chi connectivity index (χ0) is 22.5. The van der Waals surface area contributed by atoms with Crippen LogP contribution in [0.2, 0.25) is 0 Å². The molecule has 1 aromatic heterocycles. The summed E-state index contributed by atoms with van der Waals surface area (Å²) in [6.45, 7) is 2.04. The molecule has 32 heavy (non-hydrogen) atoms. The van der Waals surface area contributed by atoms with E-state index in [1.807, 2.05) is 23.1 Å². The minimum absolute atomic E-state index is 0.0584. The van der Waals surface area contributed by atoms with E-state index in [4.69, 9.17) is 9.47 Å². The van der Waals surface area contributed by atoms with E-state index < -0.39 is 0 Å². The Bertz CT molecular complexity index is 1110. The number of carbonyl (C=O) groups is 1. The van der Waals surface area contributed by atoms with E-state index in [2.05, 4.69) is 10.3 Å². The molecule has 3 aromatic rings. The van der Waals surface area contributed by atoms with E-state index in [0.29, 0.717) is 46.6 Å². The molecule has 0 unspecified atom stereocenters. The molecule has 4 rings (SSSR count). The molecule has 1 aliphatic heterocycles. The number of aromatic nitrogens is 1. The second-order valence-electron chi connectivity index (χ2n) is 7.93. The summed E-state index contributed by atoms with van der Waals surface area (Å²) < 4.78 is 24.8. The maximum atomic E-state index is 14.1. The maximum absolute atomic E-state index is 14.1. The summed E-state index contributed by atoms with van der Waals surface area (Å²) in [4.78, 5) is 19.5. The summed E-state index contributed by atoms with van der Waals surface area (Å²) in [5, 5.41) is 4.00. The average Bonchev–Trinajstić information content (AvgIpc) is 2.84. The molecule has 1 aliphatic rings. The number of nitrogens with zero attached hydrogens (tertiary/aromatic N) is 2. The van der Waals surface area contributed by atoms with Gasteiger partial charge in [0.2, 0.25) is 0 Å². The van der Waals surface area contributed by atoms with Crippen LogP contribution in [0, 0.1) is 5.82 Å². The van der Waals surface area contributed by atoms with Crippen molar-refractivity contribution in [2.45, 2.75) is 25.7 Å². The van der Waals surface area contributed by atoms with Gasteiger partial charge in [-0.05, 0) is 61.6 Å². The quantitative estimate of drug-likeness (QED) is 0.582. The summed E-state index contributed by atoms with van der Waals surface area (Å²) >= 11 is 0. The van der Waals surface area contributed by atoms with Gasteiger partial charge in [0, 0.05) is 31.2 Å². The first-order valence-electron chi connectivity index (χ1n) is 10.9. The molecule has 168 valence electrons. The number of piperidine rings is 1. The number of rotatable bonds is 7. The van der Waals surface area contributed by atoms with Crippen molar-refractivity contribution in [1.29, 1.82) is 0 Å². The third-order valence-electron chi connectivity index (χ3n) is 5.87. The predicted molar refractivity (Wildman–Crippen MR) is 123 cm³/mol. The molecule has 1 amide bonds. The standard InChI is InChI=1S/C25H28FN3O3/c1-31-22-9-6-17(14-23(22)32-2)10-11-27-24-19-15-18(26)7-8-21(19)28-16-20(24)25(30)29-12-4-3-5-13-29/h6-9,14-16H,3-5,10-13H2,1-2H3,(H,27,28). The molecule has 0 saturated carbocycles. The number of anilines is 1. The fourth-order valence-corrected chi connectivity index (χ4v) is 4.15. The fraction of sp³-hybridized carbons (Fsp3) is 0.360. The van der Waals surface area contributed by atoms with E-state index in [1.165, 1.54) is 12.1 Å². The molecular formula is C25H28FN3O3. The monoisotopic (exact) mass is 437 g/mol. The van der Waals surface area contributed by atoms with Gasteiger partial charge >= 0.3 is 0 Å². The number of hydrogen-bond acceptors (Lipinski definition) is 5. The van der Waals surface area contributed by atoms with E-state index >= 15 is 0 Å². The Morgan fingerprint density at radius 2 is 1.84 bits per heavy atom. The number of ether oxygens (including phenoxy) is 2. The highest BCUT2D eigenvalue weighted by Crippen LogP contribution is 2.30.